The molecule has 0 fully saturated rings. The van der Waals surface area contributed by atoms with Gasteiger partial charge in [0.1, 0.15) is 0 Å². The normalized spacial score (nSPS) is 13.7. The molecule has 98 valence electrons. The van der Waals surface area contributed by atoms with Crippen LogP contribution in [0.25, 0.3) is 6.08 Å². The first-order chi connectivity index (χ1) is 8.60. The minimum atomic E-state index is -1.32. The number of ether oxygens (including phenoxy) is 2. The van der Waals surface area contributed by atoms with E-state index in [9.17, 15) is 9.90 Å². The number of benzene rings is 1. The Kier molecular flexibility index (Phi) is 5.71. The monoisotopic (exact) mass is 250 g/mol. The maximum Gasteiger partial charge on any atom is 0.192 e. The lowest BCUT2D eigenvalue weighted by Crippen LogP contribution is -2.37. The van der Waals surface area contributed by atoms with Gasteiger partial charge in [0.2, 0.25) is 0 Å². The van der Waals surface area contributed by atoms with Crippen LogP contribution in [-0.2, 0) is 14.3 Å². The molecule has 0 bridgehead atoms. The predicted octanol–water partition coefficient (Wildman–Crippen LogP) is 1.64. The number of hydrogen-bond acceptors (Lipinski definition) is 4. The second kappa shape index (κ2) is 7.06. The number of hydrogen-bond donors (Lipinski definition) is 1. The van der Waals surface area contributed by atoms with Gasteiger partial charge in [0.25, 0.3) is 0 Å². The van der Waals surface area contributed by atoms with E-state index in [-0.39, 0.29) is 0 Å². The van der Waals surface area contributed by atoms with Gasteiger partial charge in [0, 0.05) is 14.2 Å². The lowest BCUT2D eigenvalue weighted by Gasteiger charge is -2.18. The second-order valence-corrected chi connectivity index (χ2v) is 3.89. The molecule has 0 saturated heterocycles. The number of ketones is 1. The van der Waals surface area contributed by atoms with Crippen molar-refractivity contribution in [2.75, 3.05) is 14.2 Å². The molecular weight excluding hydrogens is 232 g/mol. The Morgan fingerprint density at radius 1 is 1.22 bits per heavy atom. The first kappa shape index (κ1) is 14.6. The molecule has 1 aromatic carbocycles. The average Bonchev–Trinajstić information content (AvgIpc) is 2.40. The highest BCUT2D eigenvalue weighted by Gasteiger charge is 2.26. The van der Waals surface area contributed by atoms with Crippen molar-refractivity contribution in [3.05, 3.63) is 41.5 Å². The topological polar surface area (TPSA) is 55.8 Å². The first-order valence-electron chi connectivity index (χ1n) is 5.61. The van der Waals surface area contributed by atoms with E-state index in [1.807, 2.05) is 30.3 Å². The van der Waals surface area contributed by atoms with Crippen LogP contribution < -0.4 is 0 Å². The molecule has 1 aromatic rings. The van der Waals surface area contributed by atoms with E-state index in [0.29, 0.717) is 5.57 Å². The van der Waals surface area contributed by atoms with Crippen molar-refractivity contribution in [1.29, 1.82) is 0 Å². The number of rotatable bonds is 6. The average molecular weight is 250 g/mol. The minimum absolute atomic E-state index is 0.410. The van der Waals surface area contributed by atoms with Crippen LogP contribution in [0.5, 0.6) is 0 Å². The molecule has 0 aliphatic carbocycles. The summed E-state index contributed by atoms with van der Waals surface area (Å²) in [6, 6.07) is 9.43. The molecule has 0 amide bonds. The molecule has 0 aliphatic heterocycles. The zero-order valence-electron chi connectivity index (χ0n) is 10.8. The van der Waals surface area contributed by atoms with Crippen LogP contribution in [-0.4, -0.2) is 37.5 Å². The highest BCUT2D eigenvalue weighted by molar-refractivity contribution is 6.02. The molecule has 0 heterocycles. The van der Waals surface area contributed by atoms with Crippen LogP contribution in [0.4, 0.5) is 0 Å². The maximum atomic E-state index is 11.9. The Morgan fingerprint density at radius 3 is 2.28 bits per heavy atom. The highest BCUT2D eigenvalue weighted by atomic mass is 16.7. The second-order valence-electron chi connectivity index (χ2n) is 3.89. The lowest BCUT2D eigenvalue weighted by atomic mass is 10.0. The van der Waals surface area contributed by atoms with Crippen LogP contribution in [0.2, 0.25) is 0 Å². The molecule has 0 aliphatic rings. The van der Waals surface area contributed by atoms with Crippen molar-refractivity contribution in [2.45, 2.75) is 19.3 Å². The van der Waals surface area contributed by atoms with Gasteiger partial charge in [-0.05, 0) is 24.1 Å². The number of aliphatic hydroxyl groups is 1. The first-order valence-corrected chi connectivity index (χ1v) is 5.61. The quantitative estimate of drug-likeness (QED) is 0.616. The minimum Gasteiger partial charge on any atom is -0.380 e. The van der Waals surface area contributed by atoms with Gasteiger partial charge in [0.15, 0.2) is 18.2 Å². The van der Waals surface area contributed by atoms with Crippen LogP contribution in [0.1, 0.15) is 12.5 Å². The molecule has 0 radical (unpaired) electrons. The fourth-order valence-corrected chi connectivity index (χ4v) is 1.58. The van der Waals surface area contributed by atoms with E-state index in [2.05, 4.69) is 0 Å². The van der Waals surface area contributed by atoms with Gasteiger partial charge in [0.05, 0.1) is 0 Å². The molecule has 0 saturated carbocycles. The van der Waals surface area contributed by atoms with Gasteiger partial charge in [-0.25, -0.2) is 0 Å². The number of carbonyl (C=O) groups excluding carboxylic acids is 1. The Labute approximate surface area is 107 Å². The van der Waals surface area contributed by atoms with Crippen molar-refractivity contribution >= 4 is 11.9 Å². The zero-order chi connectivity index (χ0) is 13.5. The number of carbonyl (C=O) groups is 1. The Bertz CT molecular complexity index is 407. The number of Topliss-reactive ketones (excluding diaryl/α,β-unsaturated/α-hetero) is 1. The van der Waals surface area contributed by atoms with Gasteiger partial charge in [-0.1, -0.05) is 30.3 Å². The van der Waals surface area contributed by atoms with Crippen LogP contribution in [0.3, 0.4) is 0 Å². The zero-order valence-corrected chi connectivity index (χ0v) is 10.8. The third kappa shape index (κ3) is 3.77. The molecule has 18 heavy (non-hydrogen) atoms. The maximum absolute atomic E-state index is 11.9. The number of aliphatic hydroxyl groups excluding tert-OH is 1. The summed E-state index contributed by atoms with van der Waals surface area (Å²) in [6.45, 7) is 1.65. The highest BCUT2D eigenvalue weighted by Crippen LogP contribution is 2.11. The molecule has 1 rings (SSSR count). The van der Waals surface area contributed by atoms with E-state index in [1.54, 1.807) is 13.0 Å². The molecule has 0 aromatic heterocycles. The fraction of sp³-hybridized carbons (Fsp3) is 0.357. The van der Waals surface area contributed by atoms with Crippen molar-refractivity contribution in [2.24, 2.45) is 0 Å². The van der Waals surface area contributed by atoms with Crippen molar-refractivity contribution < 1.29 is 19.4 Å². The van der Waals surface area contributed by atoms with E-state index in [0.717, 1.165) is 5.56 Å². The van der Waals surface area contributed by atoms with Gasteiger partial charge in [-0.2, -0.15) is 0 Å². The van der Waals surface area contributed by atoms with Gasteiger partial charge < -0.3 is 14.6 Å². The summed E-state index contributed by atoms with van der Waals surface area (Å²) in [6.07, 6.45) is -0.551. The van der Waals surface area contributed by atoms with Gasteiger partial charge in [-0.3, -0.25) is 4.79 Å². The van der Waals surface area contributed by atoms with Crippen LogP contribution >= 0.6 is 0 Å². The molecule has 0 spiro atoms. The molecule has 1 N–H and O–H groups in total. The van der Waals surface area contributed by atoms with Crippen LogP contribution in [0.15, 0.2) is 35.9 Å². The van der Waals surface area contributed by atoms with E-state index in [4.69, 9.17) is 9.47 Å². The third-order valence-corrected chi connectivity index (χ3v) is 2.56. The van der Waals surface area contributed by atoms with Crippen LogP contribution in [0, 0.1) is 0 Å². The summed E-state index contributed by atoms with van der Waals surface area (Å²) in [5, 5.41) is 9.79. The fourth-order valence-electron chi connectivity index (χ4n) is 1.58. The molecule has 0 unspecified atom stereocenters. The summed E-state index contributed by atoms with van der Waals surface area (Å²) in [4.78, 5) is 11.9. The Morgan fingerprint density at radius 2 is 1.78 bits per heavy atom. The molecule has 1 atom stereocenters. The lowest BCUT2D eigenvalue weighted by molar-refractivity contribution is -0.172. The summed E-state index contributed by atoms with van der Waals surface area (Å²) in [5.41, 5.74) is 1.36. The van der Waals surface area contributed by atoms with E-state index >= 15 is 0 Å². The summed E-state index contributed by atoms with van der Waals surface area (Å²) in [5.74, 6) is -0.410. The Balaban J connectivity index is 2.81. The predicted molar refractivity (Wildman–Crippen MR) is 68.9 cm³/mol. The van der Waals surface area contributed by atoms with Crippen molar-refractivity contribution in [3.63, 3.8) is 0 Å². The summed E-state index contributed by atoms with van der Waals surface area (Å²) < 4.78 is 9.72. The van der Waals surface area contributed by atoms with Gasteiger partial charge in [-0.15, -0.1) is 0 Å². The number of methoxy groups -OCH3 is 2. The molecule has 4 nitrogen and oxygen atoms in total. The smallest absolute Gasteiger partial charge is 0.192 e. The Hall–Kier alpha value is -1.49. The molecule has 4 heteroatoms. The summed E-state index contributed by atoms with van der Waals surface area (Å²) >= 11 is 0. The van der Waals surface area contributed by atoms with Gasteiger partial charge >= 0.3 is 0 Å². The standard InChI is InChI=1S/C14H18O4/c1-10(9-11-7-5-4-6-8-11)12(15)13(16)14(17-2)18-3/h4-9,13-14,16H,1-3H3/b10-9+/t13-/m0/s1. The largest absolute Gasteiger partial charge is 0.380 e. The third-order valence-electron chi connectivity index (χ3n) is 2.56. The van der Waals surface area contributed by atoms with E-state index < -0.39 is 18.2 Å². The summed E-state index contributed by atoms with van der Waals surface area (Å²) in [7, 11) is 2.75. The SMILES string of the molecule is COC(OC)[C@@H](O)C(=O)/C(C)=C/c1ccccc1. The molecular formula is C14H18O4. The van der Waals surface area contributed by atoms with E-state index in [1.165, 1.54) is 14.2 Å². The van der Waals surface area contributed by atoms with Crippen molar-refractivity contribution in [1.82, 2.24) is 0 Å². The van der Waals surface area contributed by atoms with Crippen molar-refractivity contribution in [3.8, 4) is 0 Å².